The highest BCUT2D eigenvalue weighted by molar-refractivity contribution is 5.88. The van der Waals surface area contributed by atoms with Gasteiger partial charge in [-0.1, -0.05) is 0 Å². The van der Waals surface area contributed by atoms with Gasteiger partial charge in [0.25, 0.3) is 0 Å². The molecular weight excluding hydrogens is 276 g/mol. The van der Waals surface area contributed by atoms with Crippen LogP contribution in [0.1, 0.15) is 32.6 Å². The van der Waals surface area contributed by atoms with Crippen molar-refractivity contribution in [2.24, 2.45) is 0 Å². The number of esters is 1. The minimum absolute atomic E-state index is 0.0000141. The van der Waals surface area contributed by atoms with Gasteiger partial charge in [0, 0.05) is 25.6 Å². The third kappa shape index (κ3) is 3.28. The molecule has 21 heavy (non-hydrogen) atoms. The van der Waals surface area contributed by atoms with Crippen LogP contribution in [0.4, 0.5) is 4.79 Å². The average molecular weight is 298 g/mol. The monoisotopic (exact) mass is 298 g/mol. The molecule has 0 bridgehead atoms. The Balaban J connectivity index is 1.95. The third-order valence-electron chi connectivity index (χ3n) is 4.11. The van der Waals surface area contributed by atoms with Gasteiger partial charge in [-0.2, -0.15) is 0 Å². The number of rotatable bonds is 3. The van der Waals surface area contributed by atoms with Crippen LogP contribution < -0.4 is 0 Å². The number of hydrogen-bond acceptors (Lipinski definition) is 5. The fourth-order valence-electron chi connectivity index (χ4n) is 3.07. The van der Waals surface area contributed by atoms with Crippen LogP contribution in [0, 0.1) is 0 Å². The highest BCUT2D eigenvalue weighted by atomic mass is 16.6. The van der Waals surface area contributed by atoms with E-state index < -0.39 is 6.04 Å². The number of hydrogen-bond donors (Lipinski definition) is 0. The van der Waals surface area contributed by atoms with E-state index in [-0.39, 0.29) is 24.0 Å². The summed E-state index contributed by atoms with van der Waals surface area (Å²) in [5, 5.41) is 0. The second kappa shape index (κ2) is 6.78. The summed E-state index contributed by atoms with van der Waals surface area (Å²) in [7, 11) is 1.34. The largest absolute Gasteiger partial charge is 0.467 e. The number of likely N-dealkylation sites (tertiary alicyclic amines) is 2. The van der Waals surface area contributed by atoms with Crippen LogP contribution in [-0.2, 0) is 19.1 Å². The lowest BCUT2D eigenvalue weighted by molar-refractivity contribution is -0.151. The third-order valence-corrected chi connectivity index (χ3v) is 4.11. The van der Waals surface area contributed by atoms with Gasteiger partial charge in [-0.25, -0.2) is 9.59 Å². The van der Waals surface area contributed by atoms with Crippen molar-refractivity contribution >= 4 is 18.0 Å². The van der Waals surface area contributed by atoms with Gasteiger partial charge in [0.2, 0.25) is 5.91 Å². The summed E-state index contributed by atoms with van der Waals surface area (Å²) in [6.07, 6.45) is 1.92. The van der Waals surface area contributed by atoms with Crippen molar-refractivity contribution in [3.63, 3.8) is 0 Å². The maximum Gasteiger partial charge on any atom is 0.409 e. The second-order valence-corrected chi connectivity index (χ2v) is 5.30. The summed E-state index contributed by atoms with van der Waals surface area (Å²) >= 11 is 0. The van der Waals surface area contributed by atoms with Crippen molar-refractivity contribution in [1.29, 1.82) is 0 Å². The molecule has 2 heterocycles. The smallest absolute Gasteiger partial charge is 0.409 e. The molecule has 2 fully saturated rings. The zero-order valence-electron chi connectivity index (χ0n) is 12.5. The number of ether oxygens (including phenoxy) is 2. The van der Waals surface area contributed by atoms with Gasteiger partial charge in [-0.3, -0.25) is 4.79 Å². The number of piperidine rings is 1. The van der Waals surface area contributed by atoms with Gasteiger partial charge in [0.15, 0.2) is 0 Å². The quantitative estimate of drug-likeness (QED) is 0.719. The number of amides is 2. The normalized spacial score (nSPS) is 23.3. The van der Waals surface area contributed by atoms with Gasteiger partial charge < -0.3 is 19.3 Å². The molecule has 118 valence electrons. The average Bonchev–Trinajstić information content (AvgIpc) is 2.88. The van der Waals surface area contributed by atoms with Gasteiger partial charge in [0.05, 0.1) is 13.7 Å². The molecule has 0 aromatic heterocycles. The Labute approximate surface area is 124 Å². The van der Waals surface area contributed by atoms with E-state index in [2.05, 4.69) is 0 Å². The Morgan fingerprint density at radius 3 is 2.48 bits per heavy atom. The maximum atomic E-state index is 12.0. The Morgan fingerprint density at radius 2 is 1.90 bits per heavy atom. The Kier molecular flexibility index (Phi) is 5.03. The van der Waals surface area contributed by atoms with Crippen molar-refractivity contribution in [3.8, 4) is 0 Å². The first-order valence-electron chi connectivity index (χ1n) is 7.39. The van der Waals surface area contributed by atoms with Crippen molar-refractivity contribution in [2.75, 3.05) is 26.8 Å². The minimum atomic E-state index is -0.471. The first kappa shape index (κ1) is 15.6. The summed E-state index contributed by atoms with van der Waals surface area (Å²) in [4.78, 5) is 38.8. The van der Waals surface area contributed by atoms with Crippen LogP contribution in [0.2, 0.25) is 0 Å². The lowest BCUT2D eigenvalue weighted by atomic mass is 10.0. The predicted octanol–water partition coefficient (Wildman–Crippen LogP) is 0.771. The van der Waals surface area contributed by atoms with Crippen molar-refractivity contribution < 1.29 is 23.9 Å². The molecule has 7 heteroatoms. The standard InChI is InChI=1S/C14H22N2O5/c1-3-21-14(19)15-8-6-10(7-9-15)16-11(13(18)20-2)4-5-12(16)17/h10-11H,3-9H2,1-2H3. The lowest BCUT2D eigenvalue weighted by Gasteiger charge is -2.38. The topological polar surface area (TPSA) is 76.2 Å². The van der Waals surface area contributed by atoms with Crippen LogP contribution in [0.15, 0.2) is 0 Å². The van der Waals surface area contributed by atoms with E-state index in [0.29, 0.717) is 45.4 Å². The maximum absolute atomic E-state index is 12.0. The Morgan fingerprint density at radius 1 is 1.24 bits per heavy atom. The lowest BCUT2D eigenvalue weighted by Crippen LogP contribution is -2.51. The van der Waals surface area contributed by atoms with Gasteiger partial charge in [0.1, 0.15) is 6.04 Å². The van der Waals surface area contributed by atoms with Crippen LogP contribution in [-0.4, -0.2) is 66.7 Å². The molecule has 2 aliphatic rings. The van der Waals surface area contributed by atoms with Crippen molar-refractivity contribution in [1.82, 2.24) is 9.80 Å². The van der Waals surface area contributed by atoms with E-state index >= 15 is 0 Å². The van der Waals surface area contributed by atoms with E-state index in [4.69, 9.17) is 9.47 Å². The molecule has 1 unspecified atom stereocenters. The highest BCUT2D eigenvalue weighted by Gasteiger charge is 2.42. The summed E-state index contributed by atoms with van der Waals surface area (Å²) < 4.78 is 9.75. The molecule has 0 saturated carbocycles. The molecule has 0 aromatic carbocycles. The van der Waals surface area contributed by atoms with Crippen molar-refractivity contribution in [2.45, 2.75) is 44.7 Å². The Hall–Kier alpha value is -1.79. The number of carbonyl (C=O) groups excluding carboxylic acids is 3. The fourth-order valence-corrected chi connectivity index (χ4v) is 3.07. The van der Waals surface area contributed by atoms with Crippen LogP contribution >= 0.6 is 0 Å². The van der Waals surface area contributed by atoms with Gasteiger partial charge in [-0.15, -0.1) is 0 Å². The van der Waals surface area contributed by atoms with Gasteiger partial charge in [-0.05, 0) is 26.2 Å². The molecule has 2 amide bonds. The molecule has 2 rings (SSSR count). The summed E-state index contributed by atoms with van der Waals surface area (Å²) in [6.45, 7) is 3.21. The van der Waals surface area contributed by atoms with Gasteiger partial charge >= 0.3 is 12.1 Å². The summed E-state index contributed by atoms with van der Waals surface area (Å²) in [6, 6.07) is -0.476. The molecule has 7 nitrogen and oxygen atoms in total. The summed E-state index contributed by atoms with van der Waals surface area (Å²) in [5.41, 5.74) is 0. The van der Waals surface area contributed by atoms with E-state index in [0.717, 1.165) is 0 Å². The zero-order valence-corrected chi connectivity index (χ0v) is 12.5. The molecular formula is C14H22N2O5. The molecule has 0 N–H and O–H groups in total. The molecule has 0 aromatic rings. The molecule has 2 aliphatic heterocycles. The van der Waals surface area contributed by atoms with E-state index in [1.165, 1.54) is 7.11 Å². The van der Waals surface area contributed by atoms with E-state index in [9.17, 15) is 14.4 Å². The minimum Gasteiger partial charge on any atom is -0.467 e. The van der Waals surface area contributed by atoms with Crippen LogP contribution in [0.5, 0.6) is 0 Å². The molecule has 0 spiro atoms. The van der Waals surface area contributed by atoms with E-state index in [1.54, 1.807) is 16.7 Å². The first-order valence-corrected chi connectivity index (χ1v) is 7.39. The zero-order chi connectivity index (χ0) is 15.4. The highest BCUT2D eigenvalue weighted by Crippen LogP contribution is 2.27. The predicted molar refractivity (Wildman–Crippen MR) is 73.5 cm³/mol. The molecule has 0 radical (unpaired) electrons. The second-order valence-electron chi connectivity index (χ2n) is 5.30. The number of methoxy groups -OCH3 is 1. The fraction of sp³-hybridized carbons (Fsp3) is 0.786. The molecule has 0 aliphatic carbocycles. The SMILES string of the molecule is CCOC(=O)N1CCC(N2C(=O)CCC2C(=O)OC)CC1. The number of nitrogens with zero attached hydrogens (tertiary/aromatic N) is 2. The van der Waals surface area contributed by atoms with Crippen molar-refractivity contribution in [3.05, 3.63) is 0 Å². The first-order chi connectivity index (χ1) is 10.1. The van der Waals surface area contributed by atoms with Crippen LogP contribution in [0.25, 0.3) is 0 Å². The summed E-state index contributed by atoms with van der Waals surface area (Å²) in [5.74, 6) is -0.353. The van der Waals surface area contributed by atoms with Crippen LogP contribution in [0.3, 0.4) is 0 Å². The number of carbonyl (C=O) groups is 3. The Bertz CT molecular complexity index is 418. The molecule has 2 saturated heterocycles. The molecule has 1 atom stereocenters. The van der Waals surface area contributed by atoms with E-state index in [1.807, 2.05) is 0 Å².